The van der Waals surface area contributed by atoms with E-state index < -0.39 is 6.10 Å². The van der Waals surface area contributed by atoms with E-state index in [0.717, 1.165) is 37.4 Å². The van der Waals surface area contributed by atoms with E-state index in [0.29, 0.717) is 5.75 Å². The third-order valence-electron chi connectivity index (χ3n) is 5.16. The number of hydrogen-bond donors (Lipinski definition) is 1. The normalized spacial score (nSPS) is 16.1. The second-order valence-corrected chi connectivity index (χ2v) is 7.33. The first kappa shape index (κ1) is 19.2. The van der Waals surface area contributed by atoms with Crippen LogP contribution in [-0.2, 0) is 4.79 Å². The van der Waals surface area contributed by atoms with Gasteiger partial charge in [-0.05, 0) is 75.3 Å². The summed E-state index contributed by atoms with van der Waals surface area (Å²) in [5.41, 5.74) is 4.34. The van der Waals surface area contributed by atoms with Gasteiger partial charge in [0.15, 0.2) is 6.10 Å². The molecule has 0 bridgehead atoms. The molecule has 1 amide bonds. The molecule has 0 aliphatic carbocycles. The Kier molecular flexibility index (Phi) is 6.01. The highest BCUT2D eigenvalue weighted by molar-refractivity contribution is 5.94. The third-order valence-corrected chi connectivity index (χ3v) is 5.16. The summed E-state index contributed by atoms with van der Waals surface area (Å²) in [5.74, 6) is 0.562. The molecular formula is C22H29N3O2. The van der Waals surface area contributed by atoms with Crippen LogP contribution in [0.25, 0.3) is 0 Å². The van der Waals surface area contributed by atoms with Crippen LogP contribution < -0.4 is 15.0 Å². The fourth-order valence-corrected chi connectivity index (χ4v) is 3.11. The van der Waals surface area contributed by atoms with Crippen molar-refractivity contribution in [3.05, 3.63) is 53.6 Å². The minimum Gasteiger partial charge on any atom is -0.481 e. The number of ether oxygens (including phenoxy) is 1. The van der Waals surface area contributed by atoms with Gasteiger partial charge in [0.05, 0.1) is 0 Å². The lowest BCUT2D eigenvalue weighted by atomic mass is 10.1. The Labute approximate surface area is 161 Å². The summed E-state index contributed by atoms with van der Waals surface area (Å²) in [6, 6.07) is 13.9. The molecule has 0 spiro atoms. The predicted molar refractivity (Wildman–Crippen MR) is 111 cm³/mol. The van der Waals surface area contributed by atoms with Gasteiger partial charge in [-0.3, -0.25) is 4.79 Å². The molecule has 1 aliphatic heterocycles. The van der Waals surface area contributed by atoms with Crippen molar-refractivity contribution >= 4 is 17.3 Å². The van der Waals surface area contributed by atoms with E-state index in [2.05, 4.69) is 41.2 Å². The number of nitrogens with zero attached hydrogens (tertiary/aromatic N) is 2. The van der Waals surface area contributed by atoms with Gasteiger partial charge in [0.25, 0.3) is 5.91 Å². The van der Waals surface area contributed by atoms with Crippen molar-refractivity contribution < 1.29 is 9.53 Å². The van der Waals surface area contributed by atoms with E-state index in [-0.39, 0.29) is 5.91 Å². The molecule has 1 atom stereocenters. The Hall–Kier alpha value is -2.53. The van der Waals surface area contributed by atoms with Gasteiger partial charge in [-0.2, -0.15) is 0 Å². The molecular weight excluding hydrogens is 338 g/mol. The monoisotopic (exact) mass is 367 g/mol. The number of rotatable bonds is 5. The lowest BCUT2D eigenvalue weighted by Gasteiger charge is -2.34. The number of likely N-dealkylation sites (N-methyl/N-ethyl adjacent to an activating group) is 1. The summed E-state index contributed by atoms with van der Waals surface area (Å²) in [7, 11) is 2.15. The number of carbonyl (C=O) groups excluding carboxylic acids is 1. The van der Waals surface area contributed by atoms with Crippen molar-refractivity contribution in [1.29, 1.82) is 0 Å². The summed E-state index contributed by atoms with van der Waals surface area (Å²) in [4.78, 5) is 17.1. The highest BCUT2D eigenvalue weighted by Gasteiger charge is 2.17. The Morgan fingerprint density at radius 1 is 1.00 bits per heavy atom. The van der Waals surface area contributed by atoms with Gasteiger partial charge in [0, 0.05) is 37.6 Å². The first-order chi connectivity index (χ1) is 12.9. The van der Waals surface area contributed by atoms with Crippen molar-refractivity contribution in [3.8, 4) is 5.75 Å². The average molecular weight is 367 g/mol. The van der Waals surface area contributed by atoms with Crippen molar-refractivity contribution in [1.82, 2.24) is 4.90 Å². The van der Waals surface area contributed by atoms with E-state index >= 15 is 0 Å². The number of piperazine rings is 1. The Morgan fingerprint density at radius 2 is 1.67 bits per heavy atom. The predicted octanol–water partition coefficient (Wildman–Crippen LogP) is 3.46. The molecule has 5 nitrogen and oxygen atoms in total. The number of aryl methyl sites for hydroxylation is 2. The van der Waals surface area contributed by atoms with Crippen LogP contribution in [-0.4, -0.2) is 50.1 Å². The first-order valence-electron chi connectivity index (χ1n) is 9.51. The van der Waals surface area contributed by atoms with E-state index in [1.54, 1.807) is 6.92 Å². The maximum atomic E-state index is 12.4. The molecule has 1 N–H and O–H groups in total. The molecule has 2 aromatic rings. The number of nitrogens with one attached hydrogen (secondary N) is 1. The van der Waals surface area contributed by atoms with Crippen molar-refractivity contribution in [3.63, 3.8) is 0 Å². The molecule has 1 aliphatic rings. The number of carbonyl (C=O) groups is 1. The smallest absolute Gasteiger partial charge is 0.265 e. The molecule has 1 heterocycles. The molecule has 0 aromatic heterocycles. The molecule has 1 saturated heterocycles. The quantitative estimate of drug-likeness (QED) is 0.879. The highest BCUT2D eigenvalue weighted by Crippen LogP contribution is 2.21. The van der Waals surface area contributed by atoms with Gasteiger partial charge in [0.1, 0.15) is 5.75 Å². The van der Waals surface area contributed by atoms with Crippen molar-refractivity contribution in [2.75, 3.05) is 43.4 Å². The molecule has 0 radical (unpaired) electrons. The lowest BCUT2D eigenvalue weighted by molar-refractivity contribution is -0.122. The third kappa shape index (κ3) is 5.01. The minimum atomic E-state index is -0.565. The van der Waals surface area contributed by atoms with Gasteiger partial charge in [-0.15, -0.1) is 0 Å². The number of hydrogen-bond acceptors (Lipinski definition) is 4. The number of benzene rings is 2. The van der Waals surface area contributed by atoms with Crippen LogP contribution in [0.1, 0.15) is 18.1 Å². The zero-order valence-electron chi connectivity index (χ0n) is 16.7. The standard InChI is InChI=1S/C22H29N3O2/c1-16-5-10-21(15-17(16)2)27-18(3)22(26)23-19-6-8-20(9-7-19)25-13-11-24(4)12-14-25/h5-10,15,18H,11-14H2,1-4H3,(H,23,26). The Morgan fingerprint density at radius 3 is 2.30 bits per heavy atom. The molecule has 144 valence electrons. The topological polar surface area (TPSA) is 44.8 Å². The van der Waals surface area contributed by atoms with Crippen LogP contribution in [0.2, 0.25) is 0 Å². The molecule has 2 aromatic carbocycles. The van der Waals surface area contributed by atoms with Crippen LogP contribution in [0.3, 0.4) is 0 Å². The van der Waals surface area contributed by atoms with Crippen LogP contribution in [0, 0.1) is 13.8 Å². The number of amides is 1. The van der Waals surface area contributed by atoms with Gasteiger partial charge < -0.3 is 19.9 Å². The van der Waals surface area contributed by atoms with E-state index in [1.165, 1.54) is 11.3 Å². The molecule has 1 unspecified atom stereocenters. The summed E-state index contributed by atoms with van der Waals surface area (Å²) >= 11 is 0. The van der Waals surface area contributed by atoms with Gasteiger partial charge in [-0.1, -0.05) is 6.07 Å². The second-order valence-electron chi connectivity index (χ2n) is 7.33. The van der Waals surface area contributed by atoms with Crippen molar-refractivity contribution in [2.45, 2.75) is 26.9 Å². The van der Waals surface area contributed by atoms with E-state index in [4.69, 9.17) is 4.74 Å². The van der Waals surface area contributed by atoms with Crippen LogP contribution in [0.5, 0.6) is 5.75 Å². The zero-order valence-corrected chi connectivity index (χ0v) is 16.7. The van der Waals surface area contributed by atoms with Gasteiger partial charge in [0.2, 0.25) is 0 Å². The average Bonchev–Trinajstić information content (AvgIpc) is 2.66. The Bertz CT molecular complexity index is 781. The fourth-order valence-electron chi connectivity index (χ4n) is 3.11. The molecule has 27 heavy (non-hydrogen) atoms. The molecule has 5 heteroatoms. The molecule has 3 rings (SSSR count). The van der Waals surface area contributed by atoms with Crippen molar-refractivity contribution in [2.24, 2.45) is 0 Å². The SMILES string of the molecule is Cc1ccc(OC(C)C(=O)Nc2ccc(N3CCN(C)CC3)cc2)cc1C. The van der Waals surface area contributed by atoms with E-state index in [1.807, 2.05) is 37.3 Å². The van der Waals surface area contributed by atoms with Crippen LogP contribution >= 0.6 is 0 Å². The first-order valence-corrected chi connectivity index (χ1v) is 9.51. The van der Waals surface area contributed by atoms with Gasteiger partial charge >= 0.3 is 0 Å². The number of anilines is 2. The lowest BCUT2D eigenvalue weighted by Crippen LogP contribution is -2.44. The summed E-state index contributed by atoms with van der Waals surface area (Å²) in [6.45, 7) is 10.1. The maximum absolute atomic E-state index is 12.4. The molecule has 0 saturated carbocycles. The highest BCUT2D eigenvalue weighted by atomic mass is 16.5. The summed E-state index contributed by atoms with van der Waals surface area (Å²) in [6.07, 6.45) is -0.565. The minimum absolute atomic E-state index is 0.152. The van der Waals surface area contributed by atoms with Crippen LogP contribution in [0.15, 0.2) is 42.5 Å². The maximum Gasteiger partial charge on any atom is 0.265 e. The zero-order chi connectivity index (χ0) is 19.4. The van der Waals surface area contributed by atoms with E-state index in [9.17, 15) is 4.79 Å². The molecule has 1 fully saturated rings. The second kappa shape index (κ2) is 8.44. The van der Waals surface area contributed by atoms with Crippen LogP contribution in [0.4, 0.5) is 11.4 Å². The summed E-state index contributed by atoms with van der Waals surface area (Å²) in [5, 5.41) is 2.93. The van der Waals surface area contributed by atoms with Gasteiger partial charge in [-0.25, -0.2) is 0 Å². The largest absolute Gasteiger partial charge is 0.481 e. The summed E-state index contributed by atoms with van der Waals surface area (Å²) < 4.78 is 5.79. The Balaban J connectivity index is 1.56. The fraction of sp³-hybridized carbons (Fsp3) is 0.409.